The van der Waals surface area contributed by atoms with Gasteiger partial charge in [-0.25, -0.2) is 4.57 Å². The Morgan fingerprint density at radius 3 is 1.60 bits per heavy atom. The zero-order valence-corrected chi connectivity index (χ0v) is 33.2. The van der Waals surface area contributed by atoms with Gasteiger partial charge in [0.1, 0.15) is 43.2 Å². The van der Waals surface area contributed by atoms with Crippen molar-refractivity contribution in [3.05, 3.63) is 24.3 Å². The van der Waals surface area contributed by atoms with Crippen LogP contribution in [-0.2, 0) is 32.7 Å². The van der Waals surface area contributed by atoms with Gasteiger partial charge < -0.3 is 39.9 Å². The minimum atomic E-state index is -5.11. The number of aliphatic hydroxyl groups is 5. The van der Waals surface area contributed by atoms with E-state index in [1.807, 2.05) is 0 Å². The molecule has 0 aromatic heterocycles. The van der Waals surface area contributed by atoms with E-state index in [1.165, 1.54) is 44.9 Å². The van der Waals surface area contributed by atoms with Gasteiger partial charge in [0.25, 0.3) is 0 Å². The fraction of sp³-hybridized carbons (Fsp3) is 0.846. The predicted molar refractivity (Wildman–Crippen MR) is 203 cm³/mol. The van der Waals surface area contributed by atoms with E-state index >= 15 is 0 Å². The largest absolute Gasteiger partial charge is 0.472 e. The highest BCUT2D eigenvalue weighted by atomic mass is 31.2. The van der Waals surface area contributed by atoms with Gasteiger partial charge in [0.15, 0.2) is 6.10 Å². The molecule has 6 N–H and O–H groups in total. The van der Waals surface area contributed by atoms with Crippen LogP contribution in [0.3, 0.4) is 0 Å². The third-order valence-electron chi connectivity index (χ3n) is 9.28. The molecule has 0 amide bonds. The van der Waals surface area contributed by atoms with Crippen molar-refractivity contribution in [2.24, 2.45) is 0 Å². The molecule has 0 saturated heterocycles. The number of esters is 2. The molecule has 0 heterocycles. The summed E-state index contributed by atoms with van der Waals surface area (Å²) in [5.41, 5.74) is 0. The molecule has 13 nitrogen and oxygen atoms in total. The molecule has 1 aliphatic carbocycles. The summed E-state index contributed by atoms with van der Waals surface area (Å²) < 4.78 is 33.3. The average molecular weight is 779 g/mol. The molecule has 1 saturated carbocycles. The van der Waals surface area contributed by atoms with E-state index in [-0.39, 0.29) is 12.8 Å². The van der Waals surface area contributed by atoms with Crippen LogP contribution in [0, 0.1) is 0 Å². The van der Waals surface area contributed by atoms with Crippen LogP contribution in [0.4, 0.5) is 0 Å². The van der Waals surface area contributed by atoms with Crippen LogP contribution in [0.5, 0.6) is 0 Å². The summed E-state index contributed by atoms with van der Waals surface area (Å²) in [6, 6.07) is 0. The van der Waals surface area contributed by atoms with E-state index in [1.54, 1.807) is 0 Å². The molecule has 6 unspecified atom stereocenters. The highest BCUT2D eigenvalue weighted by molar-refractivity contribution is 7.47. The lowest BCUT2D eigenvalue weighted by Gasteiger charge is -2.41. The molecule has 1 fully saturated rings. The fourth-order valence-corrected chi connectivity index (χ4v) is 6.94. The van der Waals surface area contributed by atoms with Gasteiger partial charge in [0.2, 0.25) is 0 Å². The van der Waals surface area contributed by atoms with Gasteiger partial charge >= 0.3 is 19.8 Å². The van der Waals surface area contributed by atoms with Crippen LogP contribution in [0.2, 0.25) is 0 Å². The van der Waals surface area contributed by atoms with E-state index in [9.17, 15) is 44.6 Å². The summed E-state index contributed by atoms with van der Waals surface area (Å²) in [6.07, 6.45) is 16.8. The first-order valence-electron chi connectivity index (χ1n) is 20.1. The number of allylic oxidation sites excluding steroid dienone is 4. The van der Waals surface area contributed by atoms with Gasteiger partial charge in [-0.2, -0.15) is 0 Å². The second-order valence-electron chi connectivity index (χ2n) is 14.1. The first kappa shape index (κ1) is 49.3. The molecule has 0 spiro atoms. The monoisotopic (exact) mass is 778 g/mol. The third-order valence-corrected chi connectivity index (χ3v) is 10.3. The Morgan fingerprint density at radius 2 is 1.06 bits per heavy atom. The van der Waals surface area contributed by atoms with Crippen molar-refractivity contribution in [1.82, 2.24) is 0 Å². The van der Waals surface area contributed by atoms with Crippen molar-refractivity contribution < 1.29 is 63.1 Å². The lowest BCUT2D eigenvalue weighted by atomic mass is 9.85. The van der Waals surface area contributed by atoms with E-state index < -0.39 is 75.7 Å². The van der Waals surface area contributed by atoms with Crippen LogP contribution in [0.15, 0.2) is 24.3 Å². The maximum atomic E-state index is 12.7. The predicted octanol–water partition coefficient (Wildman–Crippen LogP) is 6.50. The maximum Gasteiger partial charge on any atom is 0.472 e. The summed E-state index contributed by atoms with van der Waals surface area (Å²) >= 11 is 0. The number of carbonyl (C=O) groups excluding carboxylic acids is 2. The van der Waals surface area contributed by atoms with Crippen molar-refractivity contribution in [1.29, 1.82) is 0 Å². The van der Waals surface area contributed by atoms with E-state index in [0.29, 0.717) is 12.8 Å². The van der Waals surface area contributed by atoms with Crippen LogP contribution in [0.25, 0.3) is 0 Å². The lowest BCUT2D eigenvalue weighted by molar-refractivity contribution is -0.220. The molecule has 0 radical (unpaired) electrons. The van der Waals surface area contributed by atoms with Gasteiger partial charge in [0.05, 0.1) is 6.61 Å². The summed E-state index contributed by atoms with van der Waals surface area (Å²) in [6.45, 7) is 3.18. The number of ether oxygens (including phenoxy) is 2. The number of unbranched alkanes of at least 4 members (excludes halogenated alkanes) is 16. The molecule has 0 bridgehead atoms. The standard InChI is InChI=1S/C39H71O13P/c1-3-5-7-9-11-13-15-16-18-20-22-24-26-28-33(41)51-31(29-49-32(40)27-25-23-21-19-17-14-12-10-8-6-4-2)30-50-53(47,48)52-39-37(45)35(43)34(42)36(44)38(39)46/h7,9,13,15,31,34-39,42-46H,3-6,8,10-12,14,16-30H2,1-2H3,(H,47,48)/b9-7-,15-13-. The number of aliphatic hydroxyl groups excluding tert-OH is 5. The number of carbonyl (C=O) groups is 2. The van der Waals surface area contributed by atoms with Crippen molar-refractivity contribution in [2.75, 3.05) is 13.2 Å². The fourth-order valence-electron chi connectivity index (χ4n) is 5.97. The molecule has 1 aliphatic rings. The summed E-state index contributed by atoms with van der Waals surface area (Å²) in [7, 11) is -5.11. The molecular weight excluding hydrogens is 707 g/mol. The van der Waals surface area contributed by atoms with Gasteiger partial charge in [-0.1, -0.05) is 128 Å². The van der Waals surface area contributed by atoms with Gasteiger partial charge in [-0.3, -0.25) is 18.6 Å². The molecule has 310 valence electrons. The number of hydrogen-bond donors (Lipinski definition) is 6. The number of hydrogen-bond acceptors (Lipinski definition) is 12. The van der Waals surface area contributed by atoms with E-state index in [4.69, 9.17) is 18.5 Å². The number of phosphoric ester groups is 1. The topological polar surface area (TPSA) is 210 Å². The first-order chi connectivity index (χ1) is 25.4. The molecular formula is C39H71O13P. The second-order valence-corrected chi connectivity index (χ2v) is 15.5. The molecule has 0 aliphatic heterocycles. The Hall–Kier alpha value is -1.67. The molecule has 0 aromatic rings. The summed E-state index contributed by atoms with van der Waals surface area (Å²) in [5, 5.41) is 49.9. The minimum Gasteiger partial charge on any atom is -0.462 e. The Labute approximate surface area is 317 Å². The normalized spacial score (nSPS) is 23.7. The second kappa shape index (κ2) is 30.5. The van der Waals surface area contributed by atoms with Crippen LogP contribution in [-0.4, -0.2) is 98.3 Å². The van der Waals surface area contributed by atoms with Gasteiger partial charge in [0, 0.05) is 12.8 Å². The molecule has 14 heteroatoms. The Morgan fingerprint density at radius 1 is 0.585 bits per heavy atom. The zero-order chi connectivity index (χ0) is 39.3. The third kappa shape index (κ3) is 23.8. The zero-order valence-electron chi connectivity index (χ0n) is 32.3. The first-order valence-corrected chi connectivity index (χ1v) is 21.6. The number of rotatable bonds is 32. The van der Waals surface area contributed by atoms with Gasteiger partial charge in [-0.15, -0.1) is 0 Å². The van der Waals surface area contributed by atoms with Crippen LogP contribution >= 0.6 is 7.82 Å². The van der Waals surface area contributed by atoms with E-state index in [0.717, 1.165) is 70.6 Å². The summed E-state index contributed by atoms with van der Waals surface area (Å²) in [5.74, 6) is -1.12. The highest BCUT2D eigenvalue weighted by Gasteiger charge is 2.51. The van der Waals surface area contributed by atoms with Crippen LogP contribution < -0.4 is 0 Å². The van der Waals surface area contributed by atoms with E-state index in [2.05, 4.69) is 38.2 Å². The lowest BCUT2D eigenvalue weighted by Crippen LogP contribution is -2.64. The smallest absolute Gasteiger partial charge is 0.462 e. The summed E-state index contributed by atoms with van der Waals surface area (Å²) in [4.78, 5) is 35.5. The maximum absolute atomic E-state index is 12.7. The SMILES string of the molecule is CCC/C=C\C/C=C\CCCCCCCC(=O)OC(COC(=O)CCCCCCCCCCCCC)COP(=O)(O)OC1C(O)C(O)C(O)C(O)C1O. The Bertz CT molecular complexity index is 1040. The Kier molecular flexibility index (Phi) is 28.4. The molecule has 53 heavy (non-hydrogen) atoms. The minimum absolute atomic E-state index is 0.0824. The molecule has 1 rings (SSSR count). The Balaban J connectivity index is 2.54. The number of phosphoric acid groups is 1. The van der Waals surface area contributed by atoms with Crippen molar-refractivity contribution in [3.63, 3.8) is 0 Å². The van der Waals surface area contributed by atoms with Crippen molar-refractivity contribution in [3.8, 4) is 0 Å². The van der Waals surface area contributed by atoms with Crippen molar-refractivity contribution in [2.45, 2.75) is 198 Å². The molecule has 6 atom stereocenters. The highest BCUT2D eigenvalue weighted by Crippen LogP contribution is 2.47. The van der Waals surface area contributed by atoms with Crippen LogP contribution in [0.1, 0.15) is 155 Å². The van der Waals surface area contributed by atoms with Gasteiger partial charge in [-0.05, 0) is 38.5 Å². The van der Waals surface area contributed by atoms with Crippen molar-refractivity contribution >= 4 is 19.8 Å². The molecule has 0 aromatic carbocycles. The quantitative estimate of drug-likeness (QED) is 0.0187. The average Bonchev–Trinajstić information content (AvgIpc) is 3.13.